The van der Waals surface area contributed by atoms with Gasteiger partial charge in [-0.1, -0.05) is 12.1 Å². The first-order valence-corrected chi connectivity index (χ1v) is 9.96. The predicted molar refractivity (Wildman–Crippen MR) is 108 cm³/mol. The molecule has 0 aromatic heterocycles. The van der Waals surface area contributed by atoms with Gasteiger partial charge in [-0.25, -0.2) is 0 Å². The van der Waals surface area contributed by atoms with Gasteiger partial charge in [0.1, 0.15) is 0 Å². The standard InChI is InChI=1S/C22H34N2O3/c1-16-7-8-20(13-17(16)2)21(25)9-10-22(26)23-14-18(3)24(19(4)15-23)11-6-12-27-5/h7-8,13,18-19H,6,9-12,14-15H2,1-5H3. The number of ether oxygens (including phenoxy) is 1. The second-order valence-corrected chi connectivity index (χ2v) is 7.80. The largest absolute Gasteiger partial charge is 0.385 e. The number of hydrogen-bond acceptors (Lipinski definition) is 4. The van der Waals surface area contributed by atoms with Gasteiger partial charge in [0.2, 0.25) is 5.91 Å². The zero-order valence-corrected chi connectivity index (χ0v) is 17.5. The summed E-state index contributed by atoms with van der Waals surface area (Å²) in [6.45, 7) is 11.6. The molecule has 1 aliphatic heterocycles. The van der Waals surface area contributed by atoms with E-state index in [-0.39, 0.29) is 24.5 Å². The lowest BCUT2D eigenvalue weighted by Gasteiger charge is -2.44. The Morgan fingerprint density at radius 1 is 1.07 bits per heavy atom. The first kappa shape index (κ1) is 21.6. The number of benzene rings is 1. The van der Waals surface area contributed by atoms with Crippen LogP contribution in [0, 0.1) is 13.8 Å². The Morgan fingerprint density at radius 2 is 1.74 bits per heavy atom. The summed E-state index contributed by atoms with van der Waals surface area (Å²) in [6, 6.07) is 6.40. The summed E-state index contributed by atoms with van der Waals surface area (Å²) >= 11 is 0. The van der Waals surface area contributed by atoms with Crippen LogP contribution in [0.1, 0.15) is 54.6 Å². The van der Waals surface area contributed by atoms with Gasteiger partial charge in [-0.15, -0.1) is 0 Å². The number of amides is 1. The van der Waals surface area contributed by atoms with Crippen molar-refractivity contribution in [2.75, 3.05) is 33.4 Å². The van der Waals surface area contributed by atoms with E-state index in [1.165, 1.54) is 5.56 Å². The molecule has 5 heteroatoms. The van der Waals surface area contributed by atoms with Crippen LogP contribution in [0.4, 0.5) is 0 Å². The fourth-order valence-electron chi connectivity index (χ4n) is 3.83. The highest BCUT2D eigenvalue weighted by Crippen LogP contribution is 2.18. The number of hydrogen-bond donors (Lipinski definition) is 0. The topological polar surface area (TPSA) is 49.9 Å². The molecule has 1 saturated heterocycles. The summed E-state index contributed by atoms with van der Waals surface area (Å²) in [6.07, 6.45) is 1.57. The number of carbonyl (C=O) groups excluding carboxylic acids is 2. The summed E-state index contributed by atoms with van der Waals surface area (Å²) in [7, 11) is 1.72. The molecule has 2 rings (SSSR count). The molecule has 1 aromatic carbocycles. The van der Waals surface area contributed by atoms with Gasteiger partial charge < -0.3 is 9.64 Å². The molecule has 2 unspecified atom stereocenters. The molecule has 1 amide bonds. The maximum atomic E-state index is 12.6. The Balaban J connectivity index is 1.85. The normalized spacial score (nSPS) is 20.7. The number of methoxy groups -OCH3 is 1. The summed E-state index contributed by atoms with van der Waals surface area (Å²) in [5, 5.41) is 0. The third-order valence-corrected chi connectivity index (χ3v) is 5.61. The lowest BCUT2D eigenvalue weighted by molar-refractivity contribution is -0.135. The van der Waals surface area contributed by atoms with E-state index in [1.54, 1.807) is 7.11 Å². The van der Waals surface area contributed by atoms with Crippen molar-refractivity contribution < 1.29 is 14.3 Å². The summed E-state index contributed by atoms with van der Waals surface area (Å²) < 4.78 is 5.14. The zero-order chi connectivity index (χ0) is 20.0. The van der Waals surface area contributed by atoms with Crippen molar-refractivity contribution in [2.45, 2.75) is 59.0 Å². The average molecular weight is 375 g/mol. The van der Waals surface area contributed by atoms with Crippen molar-refractivity contribution >= 4 is 11.7 Å². The number of piperazine rings is 1. The number of Topliss-reactive ketones (excluding diaryl/α,β-unsaturated/α-hetero) is 1. The lowest BCUT2D eigenvalue weighted by atomic mass is 10.0. The Labute approximate surface area is 163 Å². The summed E-state index contributed by atoms with van der Waals surface area (Å²) in [5.74, 6) is 0.133. The van der Waals surface area contributed by atoms with E-state index in [9.17, 15) is 9.59 Å². The molecule has 1 aromatic rings. The highest BCUT2D eigenvalue weighted by molar-refractivity contribution is 5.98. The quantitative estimate of drug-likeness (QED) is 0.518. The molecule has 1 heterocycles. The number of ketones is 1. The fourth-order valence-corrected chi connectivity index (χ4v) is 3.83. The molecule has 2 atom stereocenters. The molecule has 0 spiro atoms. The third-order valence-electron chi connectivity index (χ3n) is 5.61. The molecule has 5 nitrogen and oxygen atoms in total. The van der Waals surface area contributed by atoms with Crippen LogP contribution < -0.4 is 0 Å². The predicted octanol–water partition coefficient (Wildman–Crippen LogP) is 3.22. The van der Waals surface area contributed by atoms with Gasteiger partial charge in [0.25, 0.3) is 0 Å². The first-order valence-electron chi connectivity index (χ1n) is 9.96. The van der Waals surface area contributed by atoms with E-state index in [4.69, 9.17) is 4.74 Å². The van der Waals surface area contributed by atoms with E-state index in [2.05, 4.69) is 18.7 Å². The van der Waals surface area contributed by atoms with Crippen LogP contribution in [0.5, 0.6) is 0 Å². The van der Waals surface area contributed by atoms with E-state index in [0.717, 1.165) is 38.2 Å². The number of nitrogens with zero attached hydrogens (tertiary/aromatic N) is 2. The number of rotatable bonds is 8. The van der Waals surface area contributed by atoms with E-state index in [0.29, 0.717) is 17.6 Å². The molecule has 0 saturated carbocycles. The van der Waals surface area contributed by atoms with Crippen molar-refractivity contribution in [3.63, 3.8) is 0 Å². The molecular weight excluding hydrogens is 340 g/mol. The van der Waals surface area contributed by atoms with Gasteiger partial charge in [-0.2, -0.15) is 0 Å². The molecule has 150 valence electrons. The second-order valence-electron chi connectivity index (χ2n) is 7.80. The smallest absolute Gasteiger partial charge is 0.223 e. The van der Waals surface area contributed by atoms with Crippen LogP contribution in [0.2, 0.25) is 0 Å². The molecule has 1 aliphatic rings. The minimum atomic E-state index is 0.0470. The molecule has 27 heavy (non-hydrogen) atoms. The van der Waals surface area contributed by atoms with Gasteiger partial charge in [-0.3, -0.25) is 14.5 Å². The number of aryl methyl sites for hydroxylation is 2. The van der Waals surface area contributed by atoms with Crippen molar-refractivity contribution in [3.05, 3.63) is 34.9 Å². The van der Waals surface area contributed by atoms with E-state index >= 15 is 0 Å². The third kappa shape index (κ3) is 5.88. The van der Waals surface area contributed by atoms with Crippen LogP contribution in [0.3, 0.4) is 0 Å². The molecule has 0 radical (unpaired) electrons. The minimum Gasteiger partial charge on any atom is -0.385 e. The van der Waals surface area contributed by atoms with Gasteiger partial charge in [0.05, 0.1) is 0 Å². The minimum absolute atomic E-state index is 0.0470. The van der Waals surface area contributed by atoms with Crippen LogP contribution in [0.25, 0.3) is 0 Å². The molecule has 0 N–H and O–H groups in total. The van der Waals surface area contributed by atoms with Crippen LogP contribution in [-0.2, 0) is 9.53 Å². The van der Waals surface area contributed by atoms with Gasteiger partial charge in [0.15, 0.2) is 5.78 Å². The zero-order valence-electron chi connectivity index (χ0n) is 17.5. The molecule has 1 fully saturated rings. The van der Waals surface area contributed by atoms with Crippen LogP contribution >= 0.6 is 0 Å². The molecule has 0 bridgehead atoms. The Kier molecular flexibility index (Phi) is 7.99. The van der Waals surface area contributed by atoms with Crippen molar-refractivity contribution in [1.82, 2.24) is 9.80 Å². The maximum absolute atomic E-state index is 12.6. The highest BCUT2D eigenvalue weighted by atomic mass is 16.5. The van der Waals surface area contributed by atoms with Crippen molar-refractivity contribution in [1.29, 1.82) is 0 Å². The molecular formula is C22H34N2O3. The van der Waals surface area contributed by atoms with Gasteiger partial charge >= 0.3 is 0 Å². The van der Waals surface area contributed by atoms with E-state index < -0.39 is 0 Å². The van der Waals surface area contributed by atoms with Gasteiger partial charge in [0, 0.05) is 63.8 Å². The fraction of sp³-hybridized carbons (Fsp3) is 0.636. The Morgan fingerprint density at radius 3 is 2.33 bits per heavy atom. The van der Waals surface area contributed by atoms with Crippen molar-refractivity contribution in [2.24, 2.45) is 0 Å². The Bertz CT molecular complexity index is 647. The average Bonchev–Trinajstić information content (AvgIpc) is 2.63. The first-order chi connectivity index (χ1) is 12.8. The lowest BCUT2D eigenvalue weighted by Crippen LogP contribution is -2.58. The van der Waals surface area contributed by atoms with Crippen LogP contribution in [0.15, 0.2) is 18.2 Å². The van der Waals surface area contributed by atoms with Gasteiger partial charge in [-0.05, 0) is 51.3 Å². The summed E-state index contributed by atoms with van der Waals surface area (Å²) in [5.41, 5.74) is 2.99. The van der Waals surface area contributed by atoms with Crippen molar-refractivity contribution in [3.8, 4) is 0 Å². The summed E-state index contributed by atoms with van der Waals surface area (Å²) in [4.78, 5) is 29.5. The monoisotopic (exact) mass is 374 g/mol. The van der Waals surface area contributed by atoms with Crippen LogP contribution in [-0.4, -0.2) is 66.9 Å². The second kappa shape index (κ2) is 10.00. The molecule has 0 aliphatic carbocycles. The Hall–Kier alpha value is -1.72. The number of carbonyl (C=O) groups is 2. The van der Waals surface area contributed by atoms with E-state index in [1.807, 2.05) is 36.9 Å². The maximum Gasteiger partial charge on any atom is 0.223 e. The highest BCUT2D eigenvalue weighted by Gasteiger charge is 2.31. The SMILES string of the molecule is COCCCN1C(C)CN(C(=O)CCC(=O)c2ccc(C)c(C)c2)CC1C.